The van der Waals surface area contributed by atoms with Crippen LogP contribution in [0.2, 0.25) is 5.02 Å². The van der Waals surface area contributed by atoms with E-state index in [0.717, 1.165) is 52.2 Å². The SMILES string of the molecule is C[C@@H]1CN(c2ccc3c(Nc4ccc(Cl)c(C5N=CC(c6ccccc6)=N5)c4)nccc3c2)C[C@H](C)O1. The highest BCUT2D eigenvalue weighted by molar-refractivity contribution is 6.39. The van der Waals surface area contributed by atoms with Crippen LogP contribution in [0.25, 0.3) is 10.8 Å². The predicted octanol–water partition coefficient (Wildman–Crippen LogP) is 6.82. The van der Waals surface area contributed by atoms with Crippen LogP contribution in [0.3, 0.4) is 0 Å². The molecule has 0 amide bonds. The minimum absolute atomic E-state index is 0.213. The van der Waals surface area contributed by atoms with E-state index >= 15 is 0 Å². The van der Waals surface area contributed by atoms with E-state index in [2.05, 4.69) is 58.3 Å². The van der Waals surface area contributed by atoms with Crippen LogP contribution in [0.4, 0.5) is 17.2 Å². The minimum atomic E-state index is -0.370. The summed E-state index contributed by atoms with van der Waals surface area (Å²) in [6.07, 6.45) is 3.71. The average molecular weight is 510 g/mol. The molecule has 7 heteroatoms. The molecular formula is C30H28ClN5O. The quantitative estimate of drug-likeness (QED) is 0.320. The van der Waals surface area contributed by atoms with E-state index in [0.29, 0.717) is 5.02 Å². The van der Waals surface area contributed by atoms with Gasteiger partial charge in [-0.05, 0) is 61.7 Å². The monoisotopic (exact) mass is 509 g/mol. The Labute approximate surface area is 221 Å². The summed E-state index contributed by atoms with van der Waals surface area (Å²) in [6, 6.07) is 24.5. The Bertz CT molecular complexity index is 1490. The normalized spacial score (nSPS) is 21.3. The summed E-state index contributed by atoms with van der Waals surface area (Å²) in [7, 11) is 0. The molecule has 2 aliphatic heterocycles. The molecule has 1 aromatic heterocycles. The largest absolute Gasteiger partial charge is 0.372 e. The molecule has 6 nitrogen and oxygen atoms in total. The van der Waals surface area contributed by atoms with Crippen molar-refractivity contribution < 1.29 is 4.74 Å². The Morgan fingerprint density at radius 1 is 0.946 bits per heavy atom. The minimum Gasteiger partial charge on any atom is -0.372 e. The molecule has 3 aromatic carbocycles. The number of morpholine rings is 1. The van der Waals surface area contributed by atoms with Crippen LogP contribution in [0.5, 0.6) is 0 Å². The fourth-order valence-electron chi connectivity index (χ4n) is 5.05. The lowest BCUT2D eigenvalue weighted by atomic mass is 10.1. The first kappa shape index (κ1) is 23.6. The van der Waals surface area contributed by atoms with Gasteiger partial charge in [0.25, 0.3) is 0 Å². The molecule has 4 aromatic rings. The Hall–Kier alpha value is -3.74. The van der Waals surface area contributed by atoms with Crippen LogP contribution in [0.15, 0.2) is 89.0 Å². The van der Waals surface area contributed by atoms with E-state index in [1.807, 2.05) is 60.9 Å². The lowest BCUT2D eigenvalue weighted by Crippen LogP contribution is -2.45. The first-order valence-electron chi connectivity index (χ1n) is 12.6. The molecule has 37 heavy (non-hydrogen) atoms. The number of ether oxygens (including phenoxy) is 1. The third-order valence-corrected chi connectivity index (χ3v) is 7.08. The number of nitrogens with one attached hydrogen (secondary N) is 1. The smallest absolute Gasteiger partial charge is 0.167 e. The molecule has 6 rings (SSSR count). The summed E-state index contributed by atoms with van der Waals surface area (Å²) in [4.78, 5) is 16.4. The van der Waals surface area contributed by atoms with E-state index in [1.165, 1.54) is 5.69 Å². The average Bonchev–Trinajstić information content (AvgIpc) is 3.40. The van der Waals surface area contributed by atoms with Gasteiger partial charge < -0.3 is 15.0 Å². The molecule has 3 atom stereocenters. The molecule has 0 bridgehead atoms. The summed E-state index contributed by atoms with van der Waals surface area (Å²) < 4.78 is 5.91. The second-order valence-electron chi connectivity index (χ2n) is 9.62. The Morgan fingerprint density at radius 3 is 2.57 bits per heavy atom. The van der Waals surface area contributed by atoms with Gasteiger partial charge in [0.2, 0.25) is 0 Å². The van der Waals surface area contributed by atoms with Crippen LogP contribution >= 0.6 is 11.6 Å². The van der Waals surface area contributed by atoms with Gasteiger partial charge in [-0.3, -0.25) is 9.98 Å². The molecule has 1 fully saturated rings. The van der Waals surface area contributed by atoms with Gasteiger partial charge >= 0.3 is 0 Å². The fraction of sp³-hybridized carbons (Fsp3) is 0.233. The second-order valence-corrected chi connectivity index (χ2v) is 10.0. The Morgan fingerprint density at radius 2 is 1.76 bits per heavy atom. The summed E-state index contributed by atoms with van der Waals surface area (Å²) in [5.41, 5.74) is 4.84. The number of pyridine rings is 1. The van der Waals surface area contributed by atoms with Gasteiger partial charge in [0.15, 0.2) is 6.17 Å². The number of aliphatic imine (C=N–C) groups is 2. The molecule has 2 aliphatic rings. The van der Waals surface area contributed by atoms with Crippen LogP contribution in [0.1, 0.15) is 31.1 Å². The van der Waals surface area contributed by atoms with E-state index in [-0.39, 0.29) is 18.4 Å². The third kappa shape index (κ3) is 4.95. The molecular weight excluding hydrogens is 482 g/mol. The van der Waals surface area contributed by atoms with Crippen molar-refractivity contribution in [2.45, 2.75) is 32.2 Å². The fourth-order valence-corrected chi connectivity index (χ4v) is 5.27. The van der Waals surface area contributed by atoms with Crippen molar-refractivity contribution in [3.05, 3.63) is 95.1 Å². The highest BCUT2D eigenvalue weighted by Crippen LogP contribution is 2.34. The van der Waals surface area contributed by atoms with E-state index in [9.17, 15) is 0 Å². The summed E-state index contributed by atoms with van der Waals surface area (Å²) in [5, 5.41) is 6.31. The van der Waals surface area contributed by atoms with Crippen molar-refractivity contribution >= 4 is 51.5 Å². The van der Waals surface area contributed by atoms with Gasteiger partial charge in [-0.25, -0.2) is 4.98 Å². The van der Waals surface area contributed by atoms with Gasteiger partial charge in [-0.1, -0.05) is 41.9 Å². The van der Waals surface area contributed by atoms with Crippen molar-refractivity contribution in [2.24, 2.45) is 9.98 Å². The molecule has 0 radical (unpaired) electrons. The van der Waals surface area contributed by atoms with Gasteiger partial charge in [0, 0.05) is 52.2 Å². The Kier molecular flexibility index (Phi) is 6.37. The zero-order valence-corrected chi connectivity index (χ0v) is 21.6. The Balaban J connectivity index is 1.26. The first-order chi connectivity index (χ1) is 18.0. The lowest BCUT2D eigenvalue weighted by Gasteiger charge is -2.37. The van der Waals surface area contributed by atoms with Crippen LogP contribution < -0.4 is 10.2 Å². The van der Waals surface area contributed by atoms with Crippen LogP contribution in [-0.2, 0) is 4.74 Å². The number of fused-ring (bicyclic) bond motifs is 1. The van der Waals surface area contributed by atoms with Crippen molar-refractivity contribution in [1.29, 1.82) is 0 Å². The highest BCUT2D eigenvalue weighted by atomic mass is 35.5. The molecule has 3 heterocycles. The topological polar surface area (TPSA) is 62.1 Å². The van der Waals surface area contributed by atoms with E-state index < -0.39 is 0 Å². The van der Waals surface area contributed by atoms with Crippen molar-refractivity contribution in [3.63, 3.8) is 0 Å². The summed E-state index contributed by atoms with van der Waals surface area (Å²) in [5.74, 6) is 0.796. The van der Waals surface area contributed by atoms with Crippen LogP contribution in [-0.4, -0.2) is 42.2 Å². The third-order valence-electron chi connectivity index (χ3n) is 6.74. The number of hydrogen-bond acceptors (Lipinski definition) is 6. The molecule has 1 N–H and O–H groups in total. The molecule has 1 saturated heterocycles. The number of halogens is 1. The number of anilines is 3. The number of nitrogens with zero attached hydrogens (tertiary/aromatic N) is 4. The van der Waals surface area contributed by atoms with Gasteiger partial charge in [0.05, 0.1) is 24.1 Å². The summed E-state index contributed by atoms with van der Waals surface area (Å²) >= 11 is 6.58. The second kappa shape index (κ2) is 9.96. The predicted molar refractivity (Wildman–Crippen MR) is 153 cm³/mol. The van der Waals surface area contributed by atoms with Crippen LogP contribution in [0, 0.1) is 0 Å². The maximum Gasteiger partial charge on any atom is 0.167 e. The van der Waals surface area contributed by atoms with Gasteiger partial charge in [0.1, 0.15) is 5.82 Å². The number of benzene rings is 3. The number of hydrogen-bond donors (Lipinski definition) is 1. The van der Waals surface area contributed by atoms with E-state index in [1.54, 1.807) is 0 Å². The molecule has 0 aliphatic carbocycles. The molecule has 1 unspecified atom stereocenters. The maximum absolute atomic E-state index is 6.58. The lowest BCUT2D eigenvalue weighted by molar-refractivity contribution is -0.00521. The molecule has 0 saturated carbocycles. The molecule has 0 spiro atoms. The van der Waals surface area contributed by atoms with Crippen molar-refractivity contribution in [2.75, 3.05) is 23.3 Å². The highest BCUT2D eigenvalue weighted by Gasteiger charge is 2.23. The van der Waals surface area contributed by atoms with Gasteiger partial charge in [-0.2, -0.15) is 0 Å². The number of aromatic nitrogens is 1. The number of rotatable bonds is 5. The standard InChI is InChI=1S/C30H28ClN5O/c1-19-17-36(18-20(2)37-19)24-9-10-25-22(14-24)12-13-32-29(25)34-23-8-11-27(31)26(15-23)30-33-16-28(35-30)21-6-4-3-5-7-21/h3-16,19-20,30H,17-18H2,1-2H3,(H,32,34)/t19-,20+,30?. The molecule has 186 valence electrons. The van der Waals surface area contributed by atoms with Gasteiger partial charge in [-0.15, -0.1) is 0 Å². The zero-order chi connectivity index (χ0) is 25.4. The first-order valence-corrected chi connectivity index (χ1v) is 12.9. The zero-order valence-electron chi connectivity index (χ0n) is 20.8. The van der Waals surface area contributed by atoms with Crippen molar-refractivity contribution in [3.8, 4) is 0 Å². The summed E-state index contributed by atoms with van der Waals surface area (Å²) in [6.45, 7) is 6.02. The van der Waals surface area contributed by atoms with E-state index in [4.69, 9.17) is 21.3 Å². The van der Waals surface area contributed by atoms with Crippen molar-refractivity contribution in [1.82, 2.24) is 4.98 Å². The maximum atomic E-state index is 6.58.